The van der Waals surface area contributed by atoms with Crippen molar-refractivity contribution >= 4 is 73.5 Å². The van der Waals surface area contributed by atoms with Crippen molar-refractivity contribution in [2.24, 2.45) is 0 Å². The zero-order valence-corrected chi connectivity index (χ0v) is 28.0. The van der Waals surface area contributed by atoms with Crippen LogP contribution in [0.25, 0.3) is 11.1 Å². The van der Waals surface area contributed by atoms with Crippen molar-refractivity contribution in [3.8, 4) is 11.1 Å². The molecule has 0 unspecified atom stereocenters. The fourth-order valence-corrected chi connectivity index (χ4v) is 12.3. The summed E-state index contributed by atoms with van der Waals surface area (Å²) >= 11 is 0. The molecule has 0 fully saturated rings. The van der Waals surface area contributed by atoms with Gasteiger partial charge < -0.3 is 19.6 Å². The van der Waals surface area contributed by atoms with Gasteiger partial charge in [-0.15, -0.1) is 0 Å². The van der Waals surface area contributed by atoms with Gasteiger partial charge >= 0.3 is 15.2 Å². The van der Waals surface area contributed by atoms with E-state index in [2.05, 4.69) is 0 Å². The van der Waals surface area contributed by atoms with E-state index in [-0.39, 0.29) is 21.7 Å². The van der Waals surface area contributed by atoms with Gasteiger partial charge in [-0.2, -0.15) is 0 Å². The Hall–Kier alpha value is -3.52. The average molecular weight is 683 g/mol. The lowest BCUT2D eigenvalue weighted by Gasteiger charge is -2.29. The lowest BCUT2D eigenvalue weighted by Crippen LogP contribution is -2.32. The molecule has 6 aromatic rings. The van der Waals surface area contributed by atoms with E-state index in [9.17, 15) is 28.7 Å². The van der Waals surface area contributed by atoms with Crippen LogP contribution in [0.15, 0.2) is 158 Å². The van der Waals surface area contributed by atoms with Gasteiger partial charge in [0, 0.05) is 11.1 Å². The fraction of sp³-hybridized carbons (Fsp3) is 0. The third-order valence-electron chi connectivity index (χ3n) is 7.46. The molecule has 6 rings (SSSR count). The Morgan fingerprint density at radius 1 is 0.348 bits per heavy atom. The minimum Gasteiger partial charge on any atom is -0.321 e. The van der Waals surface area contributed by atoms with E-state index in [4.69, 9.17) is 0 Å². The summed E-state index contributed by atoms with van der Waals surface area (Å²) in [7, 11) is -12.8. The van der Waals surface area contributed by atoms with Crippen molar-refractivity contribution in [2.75, 3.05) is 0 Å². The Balaban J connectivity index is 1.79. The molecule has 230 valence electrons. The molecule has 0 amide bonds. The van der Waals surface area contributed by atoms with Crippen LogP contribution in [0.5, 0.6) is 0 Å². The first-order valence-electron chi connectivity index (χ1n) is 14.3. The van der Waals surface area contributed by atoms with E-state index in [0.717, 1.165) is 21.2 Å². The van der Waals surface area contributed by atoms with Gasteiger partial charge in [0.15, 0.2) is 0 Å². The highest BCUT2D eigenvalue weighted by molar-refractivity contribution is 7.81. The number of hydrogen-bond donors (Lipinski definition) is 4. The van der Waals surface area contributed by atoms with Crippen LogP contribution in [-0.2, 0) is 9.13 Å². The number of rotatable bonds is 9. The molecule has 0 aliphatic heterocycles. The molecule has 0 aliphatic carbocycles. The molecule has 0 spiro atoms. The minimum absolute atomic E-state index is 0.155. The Morgan fingerprint density at radius 3 is 0.848 bits per heavy atom. The second kappa shape index (κ2) is 13.7. The largest absolute Gasteiger partial charge is 0.356 e. The standard InChI is InChI=1S/C36H30O6P4/c37-45(38,39)33-25-13-23-31(43(27-15-5-1-6-16-27)28-17-7-2-8-18-28)35(33)36-32(24-14-26-34(36)46(40,41)42)44(29-19-9-3-10-20-29)30-21-11-4-12-22-30/h1-26H,(H2,37,38,39)(H2,40,41,42). The highest BCUT2D eigenvalue weighted by Gasteiger charge is 2.36. The third-order valence-corrected chi connectivity index (χ3v) is 14.4. The van der Waals surface area contributed by atoms with Crippen molar-refractivity contribution < 1.29 is 28.7 Å². The molecule has 0 heterocycles. The first-order valence-corrected chi connectivity index (χ1v) is 20.2. The third kappa shape index (κ3) is 6.78. The second-order valence-electron chi connectivity index (χ2n) is 10.4. The maximum Gasteiger partial charge on any atom is 0.356 e. The van der Waals surface area contributed by atoms with Crippen LogP contribution in [0.2, 0.25) is 0 Å². The van der Waals surface area contributed by atoms with Crippen LogP contribution >= 0.6 is 31.0 Å². The Morgan fingerprint density at radius 2 is 0.609 bits per heavy atom. The van der Waals surface area contributed by atoms with Crippen LogP contribution in [0.1, 0.15) is 0 Å². The van der Waals surface area contributed by atoms with Crippen molar-refractivity contribution in [3.63, 3.8) is 0 Å². The molecule has 0 bridgehead atoms. The average Bonchev–Trinajstić information content (AvgIpc) is 3.06. The van der Waals surface area contributed by atoms with Gasteiger partial charge in [0.1, 0.15) is 0 Å². The van der Waals surface area contributed by atoms with Crippen molar-refractivity contribution in [1.29, 1.82) is 0 Å². The highest BCUT2D eigenvalue weighted by Crippen LogP contribution is 2.47. The van der Waals surface area contributed by atoms with Gasteiger partial charge in [-0.3, -0.25) is 9.13 Å². The first kappa shape index (κ1) is 32.4. The molecule has 0 saturated carbocycles. The molecule has 6 aromatic carbocycles. The normalized spacial score (nSPS) is 12.0. The van der Waals surface area contributed by atoms with E-state index < -0.39 is 31.0 Å². The fourth-order valence-electron chi connectivity index (χ4n) is 5.59. The molecule has 0 aromatic heterocycles. The van der Waals surface area contributed by atoms with Gasteiger partial charge in [0.25, 0.3) is 0 Å². The SMILES string of the molecule is O=P(O)(O)c1cccc(P(c2ccccc2)c2ccccc2)c1-c1c(P(c2ccccc2)c2ccccc2)cccc1P(=O)(O)O. The maximum atomic E-state index is 13.4. The van der Waals surface area contributed by atoms with Gasteiger partial charge in [-0.05, 0) is 59.8 Å². The van der Waals surface area contributed by atoms with Crippen molar-refractivity contribution in [1.82, 2.24) is 0 Å². The van der Waals surface area contributed by atoms with Gasteiger partial charge in [-0.1, -0.05) is 146 Å². The summed E-state index contributed by atoms with van der Waals surface area (Å²) in [4.78, 5) is 43.5. The molecule has 10 heteroatoms. The minimum atomic E-state index is -4.97. The lowest BCUT2D eigenvalue weighted by atomic mass is 10.1. The first-order chi connectivity index (χ1) is 22.1. The smallest absolute Gasteiger partial charge is 0.321 e. The summed E-state index contributed by atoms with van der Waals surface area (Å²) in [5.74, 6) is 0. The molecular formula is C36H30O6P4. The molecule has 0 aliphatic rings. The summed E-state index contributed by atoms with van der Waals surface area (Å²) in [6.45, 7) is 0. The van der Waals surface area contributed by atoms with Gasteiger partial charge in [-0.25, -0.2) is 0 Å². The predicted molar refractivity (Wildman–Crippen MR) is 193 cm³/mol. The molecule has 4 N–H and O–H groups in total. The number of benzene rings is 6. The van der Waals surface area contributed by atoms with E-state index in [0.29, 0.717) is 10.6 Å². The predicted octanol–water partition coefficient (Wildman–Crippen LogP) is 4.48. The second-order valence-corrected chi connectivity index (χ2v) is 18.0. The summed E-state index contributed by atoms with van der Waals surface area (Å²) in [5, 5.41) is 4.34. The van der Waals surface area contributed by atoms with Crippen molar-refractivity contribution in [2.45, 2.75) is 0 Å². The Bertz CT molecular complexity index is 1820. The summed E-state index contributed by atoms with van der Waals surface area (Å²) < 4.78 is 26.7. The van der Waals surface area contributed by atoms with Crippen LogP contribution in [-0.4, -0.2) is 19.6 Å². The monoisotopic (exact) mass is 682 g/mol. The zero-order chi connectivity index (χ0) is 32.3. The molecule has 0 saturated heterocycles. The van der Waals surface area contributed by atoms with Gasteiger partial charge in [0.05, 0.1) is 10.6 Å². The van der Waals surface area contributed by atoms with Crippen LogP contribution < -0.4 is 42.4 Å². The number of hydrogen-bond acceptors (Lipinski definition) is 2. The zero-order valence-electron chi connectivity index (χ0n) is 24.4. The summed E-state index contributed by atoms with van der Waals surface area (Å²) in [6.07, 6.45) is 0. The lowest BCUT2D eigenvalue weighted by molar-refractivity contribution is 0.385. The maximum absolute atomic E-state index is 13.4. The Labute approximate surface area is 270 Å². The summed E-state index contributed by atoms with van der Waals surface area (Å²) in [5.41, 5.74) is 0.311. The molecule has 46 heavy (non-hydrogen) atoms. The van der Waals surface area contributed by atoms with E-state index in [1.54, 1.807) is 12.1 Å². The Kier molecular flexibility index (Phi) is 9.64. The van der Waals surface area contributed by atoms with Crippen molar-refractivity contribution in [3.05, 3.63) is 158 Å². The van der Waals surface area contributed by atoms with Crippen LogP contribution in [0.4, 0.5) is 0 Å². The van der Waals surface area contributed by atoms with Gasteiger partial charge in [0.2, 0.25) is 0 Å². The molecular weight excluding hydrogens is 652 g/mol. The van der Waals surface area contributed by atoms with Crippen LogP contribution in [0.3, 0.4) is 0 Å². The van der Waals surface area contributed by atoms with Crippen LogP contribution in [0, 0.1) is 0 Å². The topological polar surface area (TPSA) is 115 Å². The summed E-state index contributed by atoms with van der Waals surface area (Å²) in [6, 6.07) is 48.4. The quantitative estimate of drug-likeness (QED) is 0.168. The van der Waals surface area contributed by atoms with E-state index >= 15 is 0 Å². The molecule has 0 radical (unpaired) electrons. The highest BCUT2D eigenvalue weighted by atomic mass is 31.2. The molecule has 0 atom stereocenters. The van der Waals surface area contributed by atoms with E-state index in [1.165, 1.54) is 12.1 Å². The van der Waals surface area contributed by atoms with E-state index in [1.807, 2.05) is 133 Å². The molecule has 6 nitrogen and oxygen atoms in total.